The maximum atomic E-state index is 11.9. The number of pyridine rings is 1. The van der Waals surface area contributed by atoms with E-state index in [1.807, 2.05) is 14.0 Å². The summed E-state index contributed by atoms with van der Waals surface area (Å²) in [6.45, 7) is 2.27. The van der Waals surface area contributed by atoms with Crippen molar-refractivity contribution in [1.82, 2.24) is 19.3 Å². The van der Waals surface area contributed by atoms with Crippen molar-refractivity contribution in [1.29, 1.82) is 0 Å². The van der Waals surface area contributed by atoms with Crippen molar-refractivity contribution in [3.63, 3.8) is 0 Å². The molecule has 0 aliphatic carbocycles. The zero-order valence-corrected chi connectivity index (χ0v) is 12.0. The predicted octanol–water partition coefficient (Wildman–Crippen LogP) is 1.84. The average Bonchev–Trinajstić information content (AvgIpc) is 2.82. The molecule has 0 N–H and O–H groups in total. The Bertz CT molecular complexity index is 815. The van der Waals surface area contributed by atoms with Crippen molar-refractivity contribution < 1.29 is 4.42 Å². The number of aromatic nitrogens is 4. The Kier molecular flexibility index (Phi) is 2.78. The lowest BCUT2D eigenvalue weighted by molar-refractivity contribution is 0.511. The van der Waals surface area contributed by atoms with Gasteiger partial charge in [0.2, 0.25) is 0 Å². The Balaban J connectivity index is 2.16. The monoisotopic (exact) mass is 322 g/mol. The van der Waals surface area contributed by atoms with E-state index in [2.05, 4.69) is 26.0 Å². The van der Waals surface area contributed by atoms with Gasteiger partial charge in [-0.05, 0) is 35.0 Å². The third kappa shape index (κ3) is 1.90. The Labute approximate surface area is 116 Å². The maximum absolute atomic E-state index is 11.9. The van der Waals surface area contributed by atoms with Gasteiger partial charge in [-0.15, -0.1) is 0 Å². The minimum absolute atomic E-state index is 0.362. The molecule has 0 unspecified atom stereocenters. The minimum Gasteiger partial charge on any atom is -0.406 e. The number of halogens is 1. The summed E-state index contributed by atoms with van der Waals surface area (Å²) in [5, 5.41) is 4.30. The van der Waals surface area contributed by atoms with E-state index in [1.165, 1.54) is 4.57 Å². The van der Waals surface area contributed by atoms with E-state index < -0.39 is 5.76 Å². The summed E-state index contributed by atoms with van der Waals surface area (Å²) < 4.78 is 9.29. The van der Waals surface area contributed by atoms with E-state index in [-0.39, 0.29) is 0 Å². The first-order valence-corrected chi connectivity index (χ1v) is 6.49. The second kappa shape index (κ2) is 4.34. The number of fused-ring (bicyclic) bond motifs is 1. The molecule has 7 heteroatoms. The highest BCUT2D eigenvalue weighted by Crippen LogP contribution is 2.21. The van der Waals surface area contributed by atoms with Crippen molar-refractivity contribution in [2.24, 2.45) is 7.05 Å². The van der Waals surface area contributed by atoms with Crippen molar-refractivity contribution in [3.8, 4) is 0 Å². The molecule has 98 valence electrons. The van der Waals surface area contributed by atoms with Gasteiger partial charge in [0.15, 0.2) is 11.2 Å². The maximum Gasteiger partial charge on any atom is 0.421 e. The van der Waals surface area contributed by atoms with Gasteiger partial charge in [0.05, 0.1) is 22.4 Å². The standard InChI is InChI=1S/C12H11BrN4O2/c1-7-10(13)8(16(2)15-7)6-17-11-9(19-12(17)18)4-3-5-14-11/h3-5H,6H2,1-2H3. The van der Waals surface area contributed by atoms with E-state index in [4.69, 9.17) is 4.42 Å². The van der Waals surface area contributed by atoms with Crippen LogP contribution in [-0.2, 0) is 13.6 Å². The average molecular weight is 323 g/mol. The number of rotatable bonds is 2. The number of aryl methyl sites for hydroxylation is 2. The summed E-state index contributed by atoms with van der Waals surface area (Å²) in [7, 11) is 1.84. The second-order valence-electron chi connectivity index (χ2n) is 4.25. The van der Waals surface area contributed by atoms with Crippen LogP contribution in [0.2, 0.25) is 0 Å². The molecule has 0 fully saturated rings. The predicted molar refractivity (Wildman–Crippen MR) is 73.0 cm³/mol. The van der Waals surface area contributed by atoms with Crippen LogP contribution in [0, 0.1) is 6.92 Å². The van der Waals surface area contributed by atoms with Crippen LogP contribution >= 0.6 is 15.9 Å². The third-order valence-corrected chi connectivity index (χ3v) is 4.03. The first-order chi connectivity index (χ1) is 9.08. The lowest BCUT2D eigenvalue weighted by Gasteiger charge is -2.03. The Morgan fingerprint density at radius 1 is 1.47 bits per heavy atom. The zero-order chi connectivity index (χ0) is 13.6. The Morgan fingerprint density at radius 3 is 2.95 bits per heavy atom. The smallest absolute Gasteiger partial charge is 0.406 e. The highest BCUT2D eigenvalue weighted by Gasteiger charge is 2.16. The van der Waals surface area contributed by atoms with Crippen LogP contribution in [0.5, 0.6) is 0 Å². The van der Waals surface area contributed by atoms with E-state index >= 15 is 0 Å². The normalized spacial score (nSPS) is 11.3. The van der Waals surface area contributed by atoms with E-state index in [9.17, 15) is 4.79 Å². The molecule has 0 bridgehead atoms. The molecule has 0 saturated heterocycles. The number of hydrogen-bond acceptors (Lipinski definition) is 4. The topological polar surface area (TPSA) is 65.8 Å². The van der Waals surface area contributed by atoms with Gasteiger partial charge in [-0.1, -0.05) is 0 Å². The van der Waals surface area contributed by atoms with E-state index in [1.54, 1.807) is 23.0 Å². The molecular formula is C12H11BrN4O2. The van der Waals surface area contributed by atoms with Crippen LogP contribution in [0.4, 0.5) is 0 Å². The molecule has 6 nitrogen and oxygen atoms in total. The molecule has 0 aliphatic rings. The third-order valence-electron chi connectivity index (χ3n) is 2.99. The fourth-order valence-corrected chi connectivity index (χ4v) is 2.50. The van der Waals surface area contributed by atoms with Gasteiger partial charge in [-0.2, -0.15) is 5.10 Å². The van der Waals surface area contributed by atoms with Gasteiger partial charge < -0.3 is 4.42 Å². The van der Waals surface area contributed by atoms with Gasteiger partial charge in [-0.25, -0.2) is 9.78 Å². The van der Waals surface area contributed by atoms with Crippen molar-refractivity contribution in [3.05, 3.63) is 44.7 Å². The second-order valence-corrected chi connectivity index (χ2v) is 5.04. The molecular weight excluding hydrogens is 312 g/mol. The molecule has 3 heterocycles. The summed E-state index contributed by atoms with van der Waals surface area (Å²) in [5.74, 6) is -0.417. The first kappa shape index (κ1) is 12.2. The molecule has 0 amide bonds. The minimum atomic E-state index is -0.417. The van der Waals surface area contributed by atoms with Gasteiger partial charge in [0.1, 0.15) is 0 Å². The van der Waals surface area contributed by atoms with Crippen molar-refractivity contribution in [2.45, 2.75) is 13.5 Å². The zero-order valence-electron chi connectivity index (χ0n) is 10.4. The molecule has 19 heavy (non-hydrogen) atoms. The molecule has 0 atom stereocenters. The fourth-order valence-electron chi connectivity index (χ4n) is 2.04. The lowest BCUT2D eigenvalue weighted by atomic mass is 10.3. The molecule has 3 aromatic heterocycles. The SMILES string of the molecule is Cc1nn(C)c(Cn2c(=O)oc3cccnc32)c1Br. The highest BCUT2D eigenvalue weighted by atomic mass is 79.9. The van der Waals surface area contributed by atoms with Crippen LogP contribution in [0.15, 0.2) is 32.0 Å². The van der Waals surface area contributed by atoms with E-state index in [0.717, 1.165) is 15.9 Å². The summed E-state index contributed by atoms with van der Waals surface area (Å²) in [6.07, 6.45) is 1.64. The number of hydrogen-bond donors (Lipinski definition) is 0. The molecule has 0 aliphatic heterocycles. The summed E-state index contributed by atoms with van der Waals surface area (Å²) in [6, 6.07) is 3.46. The summed E-state index contributed by atoms with van der Waals surface area (Å²) in [5.41, 5.74) is 2.81. The molecule has 3 rings (SSSR count). The van der Waals surface area contributed by atoms with Gasteiger partial charge in [0.25, 0.3) is 0 Å². The molecule has 0 radical (unpaired) electrons. The van der Waals surface area contributed by atoms with Crippen LogP contribution in [0.25, 0.3) is 11.2 Å². The Hall–Kier alpha value is -1.89. The fraction of sp³-hybridized carbons (Fsp3) is 0.250. The molecule has 0 saturated carbocycles. The quantitative estimate of drug-likeness (QED) is 0.722. The number of oxazole rings is 1. The molecule has 3 aromatic rings. The van der Waals surface area contributed by atoms with Crippen LogP contribution in [0.3, 0.4) is 0 Å². The van der Waals surface area contributed by atoms with Crippen molar-refractivity contribution in [2.75, 3.05) is 0 Å². The van der Waals surface area contributed by atoms with Crippen LogP contribution < -0.4 is 5.76 Å². The number of nitrogens with zero attached hydrogens (tertiary/aromatic N) is 4. The Morgan fingerprint density at radius 2 is 2.26 bits per heavy atom. The largest absolute Gasteiger partial charge is 0.421 e. The van der Waals surface area contributed by atoms with Crippen molar-refractivity contribution >= 4 is 27.2 Å². The summed E-state index contributed by atoms with van der Waals surface area (Å²) >= 11 is 3.49. The highest BCUT2D eigenvalue weighted by molar-refractivity contribution is 9.10. The molecule has 0 aromatic carbocycles. The van der Waals surface area contributed by atoms with Gasteiger partial charge in [-0.3, -0.25) is 9.25 Å². The lowest BCUT2D eigenvalue weighted by Crippen LogP contribution is -2.17. The van der Waals surface area contributed by atoms with Crippen LogP contribution in [0.1, 0.15) is 11.4 Å². The first-order valence-electron chi connectivity index (χ1n) is 5.70. The molecule has 0 spiro atoms. The van der Waals surface area contributed by atoms with Gasteiger partial charge >= 0.3 is 5.76 Å². The van der Waals surface area contributed by atoms with E-state index in [0.29, 0.717) is 17.8 Å². The van der Waals surface area contributed by atoms with Gasteiger partial charge in [0, 0.05) is 13.2 Å². The van der Waals surface area contributed by atoms with Crippen LogP contribution in [-0.4, -0.2) is 19.3 Å². The summed E-state index contributed by atoms with van der Waals surface area (Å²) in [4.78, 5) is 16.1.